The Morgan fingerprint density at radius 3 is 1.96 bits per heavy atom. The highest BCUT2D eigenvalue weighted by atomic mass is 32.2. The molecule has 17 N–H and O–H groups in total. The monoisotopic (exact) mass is 798 g/mol. The number of hydrogen-bond acceptors (Lipinski definition) is 23. The standard InChI is InChI=1S/C29H50O23S/c30-5-12-16(36)19(39)25(43,9-50-12)21(41)22-28(46,18(38)11(33)8-49-22)26(44)10-51-14(7-32)27(45,23(26)42)29(47)20(40)17(37)13(6-31)52-24(29)48-2-4-53-3-1-15(34)35/h11-14,16-24,30-33,36-47H,1-10H2,(H,34,35)/t11-,12+,13+,14+,16+,17+,18+,19-,20-,21?,22+,23+,24-,25+,26-,27-,28+,29+/m0/s1. The summed E-state index contributed by atoms with van der Waals surface area (Å²) in [5.41, 5.74) is -18.0. The Hall–Kier alpha value is -1.02. The van der Waals surface area contributed by atoms with Crippen molar-refractivity contribution in [3.8, 4) is 0 Å². The Labute approximate surface area is 304 Å². The minimum atomic E-state index is -3.79. The van der Waals surface area contributed by atoms with Crippen molar-refractivity contribution in [2.75, 3.05) is 57.8 Å². The molecule has 0 aromatic rings. The Morgan fingerprint density at radius 1 is 0.755 bits per heavy atom. The SMILES string of the molecule is O=C(O)CCSCCO[C@H]1O[C@H](CO)[C@@H](O)[C@H](O)[C@]1(O)[C@]1(O)[C@@H](CO)OC[C@@](O)([C@]2(O)[C@@H](C(O)[C@@]3(O)CO[C@H](CO)[C@@H](O)[C@@H]3O)OC[C@H](O)[C@H]2O)[C@H]1O. The average Bonchev–Trinajstić information content (AvgIpc) is 3.12. The maximum atomic E-state index is 12.4. The van der Waals surface area contributed by atoms with Gasteiger partial charge in [-0.1, -0.05) is 0 Å². The van der Waals surface area contributed by atoms with Gasteiger partial charge in [0.2, 0.25) is 0 Å². The molecule has 0 amide bonds. The molecule has 4 aliphatic heterocycles. The fraction of sp³-hybridized carbons (Fsp3) is 0.966. The molecule has 4 saturated heterocycles. The van der Waals surface area contributed by atoms with Crippen molar-refractivity contribution in [3.05, 3.63) is 0 Å². The summed E-state index contributed by atoms with van der Waals surface area (Å²) in [4.78, 5) is 10.8. The first kappa shape index (κ1) is 44.7. The van der Waals surface area contributed by atoms with E-state index in [1.54, 1.807) is 0 Å². The fourth-order valence-electron chi connectivity index (χ4n) is 7.46. The first-order chi connectivity index (χ1) is 24.7. The zero-order valence-corrected chi connectivity index (χ0v) is 28.9. The lowest BCUT2D eigenvalue weighted by molar-refractivity contribution is -0.441. The third-order valence-corrected chi connectivity index (χ3v) is 11.7. The predicted octanol–water partition coefficient (Wildman–Crippen LogP) is -10.3. The highest BCUT2D eigenvalue weighted by Crippen LogP contribution is 2.52. The van der Waals surface area contributed by atoms with Gasteiger partial charge < -0.3 is 110 Å². The molecule has 0 aromatic heterocycles. The molecule has 4 fully saturated rings. The maximum Gasteiger partial charge on any atom is 0.304 e. The van der Waals surface area contributed by atoms with Crippen molar-refractivity contribution < 1.29 is 115 Å². The molecule has 0 radical (unpaired) electrons. The third-order valence-electron chi connectivity index (χ3n) is 10.7. The van der Waals surface area contributed by atoms with E-state index in [4.69, 9.17) is 28.8 Å². The smallest absolute Gasteiger partial charge is 0.304 e. The summed E-state index contributed by atoms with van der Waals surface area (Å²) in [6, 6.07) is 0. The number of carbonyl (C=O) groups is 1. The summed E-state index contributed by atoms with van der Waals surface area (Å²) < 4.78 is 26.9. The topological polar surface area (TPSA) is 407 Å². The summed E-state index contributed by atoms with van der Waals surface area (Å²) >= 11 is 1.03. The van der Waals surface area contributed by atoms with E-state index in [0.29, 0.717) is 0 Å². The van der Waals surface area contributed by atoms with Gasteiger partial charge in [-0.25, -0.2) is 0 Å². The van der Waals surface area contributed by atoms with Gasteiger partial charge in [-0.15, -0.1) is 0 Å². The third kappa shape index (κ3) is 7.13. The van der Waals surface area contributed by atoms with Crippen molar-refractivity contribution in [1.29, 1.82) is 0 Å². The Morgan fingerprint density at radius 2 is 1.38 bits per heavy atom. The minimum absolute atomic E-state index is 0.0243. The van der Waals surface area contributed by atoms with Crippen LogP contribution in [0.3, 0.4) is 0 Å². The lowest BCUT2D eigenvalue weighted by atomic mass is 9.57. The summed E-state index contributed by atoms with van der Waals surface area (Å²) in [7, 11) is 0. The molecular formula is C29H50O23S. The van der Waals surface area contributed by atoms with Gasteiger partial charge in [-0.05, 0) is 0 Å². The van der Waals surface area contributed by atoms with E-state index in [1.807, 2.05) is 0 Å². The fourth-order valence-corrected chi connectivity index (χ4v) is 8.20. The molecule has 53 heavy (non-hydrogen) atoms. The molecule has 24 heteroatoms. The number of aliphatic carboxylic acids is 1. The zero-order chi connectivity index (χ0) is 39.9. The minimum Gasteiger partial charge on any atom is -0.481 e. The van der Waals surface area contributed by atoms with Crippen LogP contribution in [0.5, 0.6) is 0 Å². The van der Waals surface area contributed by atoms with E-state index in [0.717, 1.165) is 11.8 Å². The zero-order valence-electron chi connectivity index (χ0n) is 28.0. The number of ether oxygens (including phenoxy) is 5. The van der Waals surface area contributed by atoms with Gasteiger partial charge in [0.05, 0.1) is 52.7 Å². The molecule has 0 spiro atoms. The van der Waals surface area contributed by atoms with Crippen molar-refractivity contribution in [3.63, 3.8) is 0 Å². The lowest BCUT2D eigenvalue weighted by Gasteiger charge is -2.65. The van der Waals surface area contributed by atoms with E-state index < -0.39 is 160 Å². The second-order valence-electron chi connectivity index (χ2n) is 13.7. The van der Waals surface area contributed by atoms with Crippen LogP contribution in [0.2, 0.25) is 0 Å². The highest BCUT2D eigenvalue weighted by molar-refractivity contribution is 7.99. The van der Waals surface area contributed by atoms with Crippen LogP contribution in [-0.2, 0) is 28.5 Å². The molecule has 0 aromatic carbocycles. The maximum absolute atomic E-state index is 12.4. The second kappa shape index (κ2) is 16.8. The summed E-state index contributed by atoms with van der Waals surface area (Å²) in [5.74, 6) is -1.04. The molecule has 23 nitrogen and oxygen atoms in total. The van der Waals surface area contributed by atoms with Gasteiger partial charge in [-0.2, -0.15) is 11.8 Å². The van der Waals surface area contributed by atoms with Crippen LogP contribution < -0.4 is 0 Å². The van der Waals surface area contributed by atoms with Gasteiger partial charge in [0.1, 0.15) is 78.8 Å². The van der Waals surface area contributed by atoms with Gasteiger partial charge in [-0.3, -0.25) is 4.79 Å². The summed E-state index contributed by atoms with van der Waals surface area (Å²) in [5, 5.41) is 187. The van der Waals surface area contributed by atoms with Crippen LogP contribution in [0.1, 0.15) is 6.42 Å². The van der Waals surface area contributed by atoms with E-state index in [9.17, 15) is 86.5 Å². The second-order valence-corrected chi connectivity index (χ2v) is 14.9. The molecule has 4 aliphatic rings. The van der Waals surface area contributed by atoms with Crippen LogP contribution >= 0.6 is 11.8 Å². The number of aliphatic hydroxyl groups is 16. The number of aliphatic hydroxyl groups excluding tert-OH is 11. The highest BCUT2D eigenvalue weighted by Gasteiger charge is 2.80. The Kier molecular flexibility index (Phi) is 14.2. The largest absolute Gasteiger partial charge is 0.481 e. The van der Waals surface area contributed by atoms with Gasteiger partial charge in [0, 0.05) is 11.5 Å². The average molecular weight is 799 g/mol. The Bertz CT molecular complexity index is 1240. The van der Waals surface area contributed by atoms with Crippen molar-refractivity contribution in [2.24, 2.45) is 0 Å². The first-order valence-corrected chi connectivity index (χ1v) is 17.7. The molecule has 0 aliphatic carbocycles. The van der Waals surface area contributed by atoms with Gasteiger partial charge in [0.25, 0.3) is 0 Å². The lowest BCUT2D eigenvalue weighted by Crippen LogP contribution is -2.91. The number of hydrogen-bond donors (Lipinski definition) is 17. The normalized spacial score (nSPS) is 50.1. The van der Waals surface area contributed by atoms with E-state index in [1.165, 1.54) is 0 Å². The summed E-state index contributed by atoms with van der Waals surface area (Å²) in [6.45, 7) is -7.27. The quantitative estimate of drug-likeness (QED) is 0.0725. The predicted molar refractivity (Wildman–Crippen MR) is 167 cm³/mol. The van der Waals surface area contributed by atoms with E-state index in [-0.39, 0.29) is 17.9 Å². The van der Waals surface area contributed by atoms with Crippen LogP contribution in [-0.4, -0.2) is 258 Å². The van der Waals surface area contributed by atoms with Crippen molar-refractivity contribution in [1.82, 2.24) is 0 Å². The first-order valence-electron chi connectivity index (χ1n) is 16.5. The number of rotatable bonds is 14. The molecule has 4 rings (SSSR count). The van der Waals surface area contributed by atoms with Crippen molar-refractivity contribution >= 4 is 17.7 Å². The van der Waals surface area contributed by atoms with E-state index in [2.05, 4.69) is 0 Å². The van der Waals surface area contributed by atoms with Crippen LogP contribution in [0, 0.1) is 0 Å². The molecule has 4 heterocycles. The number of carboxylic acid groups (broad SMARTS) is 1. The molecule has 18 atom stereocenters. The number of thioether (sulfide) groups is 1. The molecular weight excluding hydrogens is 748 g/mol. The Balaban J connectivity index is 1.80. The van der Waals surface area contributed by atoms with Crippen LogP contribution in [0.15, 0.2) is 0 Å². The number of carboxylic acids is 1. The summed E-state index contributed by atoms with van der Waals surface area (Å²) in [6.07, 6.45) is -31.3. The van der Waals surface area contributed by atoms with E-state index >= 15 is 0 Å². The van der Waals surface area contributed by atoms with Crippen LogP contribution in [0.4, 0.5) is 0 Å². The van der Waals surface area contributed by atoms with Gasteiger partial charge in [0.15, 0.2) is 28.7 Å². The van der Waals surface area contributed by atoms with Crippen molar-refractivity contribution in [2.45, 2.75) is 114 Å². The van der Waals surface area contributed by atoms with Crippen LogP contribution in [0.25, 0.3) is 0 Å². The molecule has 0 bridgehead atoms. The van der Waals surface area contributed by atoms with Gasteiger partial charge >= 0.3 is 5.97 Å². The molecule has 1 unspecified atom stereocenters. The molecule has 310 valence electrons. The molecule has 0 saturated carbocycles.